The van der Waals surface area contributed by atoms with Crippen molar-refractivity contribution in [1.29, 1.82) is 0 Å². The van der Waals surface area contributed by atoms with Crippen molar-refractivity contribution in [2.75, 3.05) is 32.8 Å². The standard InChI is InChI=1S/C12H24N2O5S/c1-10(2)7-11(8-12(15)16)9-13-20(17,18)14-3-5-19-6-4-14/h10-11,13H,3-9H2,1-2H3,(H,15,16). The van der Waals surface area contributed by atoms with Crippen LogP contribution in [0.15, 0.2) is 0 Å². The van der Waals surface area contributed by atoms with Gasteiger partial charge in [-0.2, -0.15) is 12.7 Å². The van der Waals surface area contributed by atoms with Gasteiger partial charge in [-0.15, -0.1) is 0 Å². The van der Waals surface area contributed by atoms with Crippen LogP contribution >= 0.6 is 0 Å². The fraction of sp³-hybridized carbons (Fsp3) is 0.917. The first-order valence-corrected chi connectivity index (χ1v) is 8.29. The third kappa shape index (κ3) is 6.17. The molecule has 0 amide bonds. The summed E-state index contributed by atoms with van der Waals surface area (Å²) in [5, 5.41) is 8.87. The van der Waals surface area contributed by atoms with Gasteiger partial charge in [0.15, 0.2) is 0 Å². The zero-order valence-corrected chi connectivity index (χ0v) is 12.9. The van der Waals surface area contributed by atoms with Crippen LogP contribution in [0.4, 0.5) is 0 Å². The number of aliphatic carboxylic acids is 1. The number of rotatable bonds is 8. The first kappa shape index (κ1) is 17.4. The van der Waals surface area contributed by atoms with Crippen molar-refractivity contribution in [2.24, 2.45) is 11.8 Å². The molecule has 1 rings (SSSR count). The van der Waals surface area contributed by atoms with Gasteiger partial charge in [0.2, 0.25) is 0 Å². The van der Waals surface area contributed by atoms with E-state index in [1.54, 1.807) is 0 Å². The SMILES string of the molecule is CC(C)CC(CNS(=O)(=O)N1CCOCC1)CC(=O)O. The Labute approximate surface area is 120 Å². The highest BCUT2D eigenvalue weighted by molar-refractivity contribution is 7.87. The Balaban J connectivity index is 2.53. The van der Waals surface area contributed by atoms with Crippen LogP contribution in [-0.2, 0) is 19.7 Å². The van der Waals surface area contributed by atoms with Crippen molar-refractivity contribution in [3.05, 3.63) is 0 Å². The number of morpholine rings is 1. The largest absolute Gasteiger partial charge is 0.481 e. The molecule has 20 heavy (non-hydrogen) atoms. The van der Waals surface area contributed by atoms with E-state index in [1.165, 1.54) is 4.31 Å². The van der Waals surface area contributed by atoms with E-state index < -0.39 is 16.2 Å². The summed E-state index contributed by atoms with van der Waals surface area (Å²) in [6, 6.07) is 0. The van der Waals surface area contributed by atoms with Gasteiger partial charge in [-0.25, -0.2) is 4.72 Å². The average molecular weight is 308 g/mol. The summed E-state index contributed by atoms with van der Waals surface area (Å²) >= 11 is 0. The van der Waals surface area contributed by atoms with Crippen LogP contribution in [0.25, 0.3) is 0 Å². The third-order valence-electron chi connectivity index (χ3n) is 3.13. The van der Waals surface area contributed by atoms with E-state index in [0.29, 0.717) is 38.6 Å². The second kappa shape index (κ2) is 7.92. The van der Waals surface area contributed by atoms with Crippen LogP contribution < -0.4 is 4.72 Å². The van der Waals surface area contributed by atoms with E-state index in [9.17, 15) is 13.2 Å². The van der Waals surface area contributed by atoms with Crippen molar-refractivity contribution in [1.82, 2.24) is 9.03 Å². The summed E-state index contributed by atoms with van der Waals surface area (Å²) in [6.45, 7) is 5.60. The minimum atomic E-state index is -3.54. The summed E-state index contributed by atoms with van der Waals surface area (Å²) in [4.78, 5) is 10.8. The van der Waals surface area contributed by atoms with Gasteiger partial charge in [-0.3, -0.25) is 4.79 Å². The van der Waals surface area contributed by atoms with Gasteiger partial charge in [0.1, 0.15) is 0 Å². The molecule has 118 valence electrons. The van der Waals surface area contributed by atoms with Crippen LogP contribution in [0.3, 0.4) is 0 Å². The molecule has 0 aromatic heterocycles. The van der Waals surface area contributed by atoms with Crippen molar-refractivity contribution in [2.45, 2.75) is 26.7 Å². The minimum absolute atomic E-state index is 0.0240. The Morgan fingerprint density at radius 2 is 1.95 bits per heavy atom. The second-order valence-electron chi connectivity index (χ2n) is 5.46. The van der Waals surface area contributed by atoms with Crippen LogP contribution in [0.1, 0.15) is 26.7 Å². The van der Waals surface area contributed by atoms with Crippen molar-refractivity contribution in [3.63, 3.8) is 0 Å². The second-order valence-corrected chi connectivity index (χ2v) is 7.21. The average Bonchev–Trinajstić information content (AvgIpc) is 2.36. The molecule has 0 radical (unpaired) electrons. The molecule has 7 nitrogen and oxygen atoms in total. The number of carboxylic acids is 1. The molecule has 1 unspecified atom stereocenters. The molecular formula is C12H24N2O5S. The summed E-state index contributed by atoms with van der Waals surface area (Å²) < 4.78 is 33.1. The highest BCUT2D eigenvalue weighted by Gasteiger charge is 2.25. The lowest BCUT2D eigenvalue weighted by Gasteiger charge is -2.27. The quantitative estimate of drug-likeness (QED) is 0.672. The molecule has 1 saturated heterocycles. The fourth-order valence-corrected chi connectivity index (χ4v) is 3.51. The Hall–Kier alpha value is -0.700. The highest BCUT2D eigenvalue weighted by atomic mass is 32.2. The third-order valence-corrected chi connectivity index (χ3v) is 4.71. The zero-order valence-electron chi connectivity index (χ0n) is 12.0. The Morgan fingerprint density at radius 1 is 1.35 bits per heavy atom. The maximum Gasteiger partial charge on any atom is 0.303 e. The maximum atomic E-state index is 12.1. The molecule has 1 aliphatic rings. The molecular weight excluding hydrogens is 284 g/mol. The van der Waals surface area contributed by atoms with Crippen molar-refractivity contribution < 1.29 is 23.1 Å². The van der Waals surface area contributed by atoms with Crippen molar-refractivity contribution in [3.8, 4) is 0 Å². The first-order valence-electron chi connectivity index (χ1n) is 6.85. The molecule has 0 spiro atoms. The monoisotopic (exact) mass is 308 g/mol. The van der Waals surface area contributed by atoms with E-state index in [4.69, 9.17) is 9.84 Å². The molecule has 2 N–H and O–H groups in total. The van der Waals surface area contributed by atoms with Gasteiger partial charge < -0.3 is 9.84 Å². The smallest absolute Gasteiger partial charge is 0.303 e. The van der Waals surface area contributed by atoms with Crippen LogP contribution in [0.2, 0.25) is 0 Å². The van der Waals surface area contributed by atoms with Crippen LogP contribution in [0.5, 0.6) is 0 Å². The predicted octanol–water partition coefficient (Wildman–Crippen LogP) is 0.290. The molecule has 0 bridgehead atoms. The summed E-state index contributed by atoms with van der Waals surface area (Å²) in [6.07, 6.45) is 0.655. The molecule has 0 aromatic rings. The predicted molar refractivity (Wildman–Crippen MR) is 74.5 cm³/mol. The lowest BCUT2D eigenvalue weighted by molar-refractivity contribution is -0.138. The number of hydrogen-bond donors (Lipinski definition) is 2. The van der Waals surface area contributed by atoms with Gasteiger partial charge in [-0.05, 0) is 18.3 Å². The molecule has 1 atom stereocenters. The van der Waals surface area contributed by atoms with Gasteiger partial charge >= 0.3 is 5.97 Å². The lowest BCUT2D eigenvalue weighted by atomic mass is 9.94. The highest BCUT2D eigenvalue weighted by Crippen LogP contribution is 2.15. The Morgan fingerprint density at radius 3 is 2.45 bits per heavy atom. The molecule has 1 heterocycles. The summed E-state index contributed by atoms with van der Waals surface area (Å²) in [7, 11) is -3.54. The van der Waals surface area contributed by atoms with E-state index in [0.717, 1.165) is 0 Å². The van der Waals surface area contributed by atoms with E-state index >= 15 is 0 Å². The number of carboxylic acid groups (broad SMARTS) is 1. The number of ether oxygens (including phenoxy) is 1. The van der Waals surface area contributed by atoms with Gasteiger partial charge in [-0.1, -0.05) is 13.8 Å². The number of nitrogens with zero attached hydrogens (tertiary/aromatic N) is 1. The molecule has 0 aliphatic carbocycles. The van der Waals surface area contributed by atoms with E-state index in [2.05, 4.69) is 4.72 Å². The lowest BCUT2D eigenvalue weighted by Crippen LogP contribution is -2.47. The van der Waals surface area contributed by atoms with E-state index in [1.807, 2.05) is 13.8 Å². The number of hydrogen-bond acceptors (Lipinski definition) is 4. The van der Waals surface area contributed by atoms with Gasteiger partial charge in [0.05, 0.1) is 13.2 Å². The minimum Gasteiger partial charge on any atom is -0.481 e. The maximum absolute atomic E-state index is 12.1. The summed E-state index contributed by atoms with van der Waals surface area (Å²) in [5.74, 6) is -0.767. The normalized spacial score (nSPS) is 19.1. The van der Waals surface area contributed by atoms with Gasteiger partial charge in [0.25, 0.3) is 10.2 Å². The number of nitrogens with one attached hydrogen (secondary N) is 1. The van der Waals surface area contributed by atoms with Crippen LogP contribution in [-0.4, -0.2) is 56.6 Å². The molecule has 0 aromatic carbocycles. The Kier molecular flexibility index (Phi) is 6.87. The van der Waals surface area contributed by atoms with Crippen molar-refractivity contribution >= 4 is 16.2 Å². The first-order chi connectivity index (χ1) is 9.31. The topological polar surface area (TPSA) is 95.9 Å². The van der Waals surface area contributed by atoms with Crippen LogP contribution in [0, 0.1) is 11.8 Å². The molecule has 1 fully saturated rings. The van der Waals surface area contributed by atoms with Gasteiger partial charge in [0, 0.05) is 26.1 Å². The molecule has 1 aliphatic heterocycles. The number of carbonyl (C=O) groups is 1. The summed E-state index contributed by atoms with van der Waals surface area (Å²) in [5.41, 5.74) is 0. The fourth-order valence-electron chi connectivity index (χ4n) is 2.25. The Bertz CT molecular complexity index is 404. The molecule has 8 heteroatoms. The molecule has 0 saturated carbocycles. The van der Waals surface area contributed by atoms with E-state index in [-0.39, 0.29) is 18.9 Å². The zero-order chi connectivity index (χ0) is 15.2.